The zero-order valence-corrected chi connectivity index (χ0v) is 6.22. The average molecular weight is 151 g/mol. The Balaban J connectivity index is 3.26. The molecule has 0 aliphatic carbocycles. The number of rotatable bonds is 2. The van der Waals surface area contributed by atoms with Crippen molar-refractivity contribution >= 4 is 12.0 Å². The van der Waals surface area contributed by atoms with E-state index in [0.717, 1.165) is 5.69 Å². The normalized spacial score (nSPS) is 9.55. The van der Waals surface area contributed by atoms with Gasteiger partial charge >= 0.3 is 0 Å². The number of nitrogens with one attached hydrogen (secondary N) is 1. The number of nitrogens with two attached hydrogens (primary N) is 1. The number of H-pyrrole nitrogens is 1. The predicted molar refractivity (Wildman–Crippen MR) is 41.9 cm³/mol. The predicted octanol–water partition coefficient (Wildman–Crippen LogP) is 0.460. The molecule has 1 aromatic heterocycles. The van der Waals surface area contributed by atoms with Crippen LogP contribution in [0.15, 0.2) is 6.58 Å². The van der Waals surface area contributed by atoms with Gasteiger partial charge in [-0.3, -0.25) is 9.89 Å². The van der Waals surface area contributed by atoms with Gasteiger partial charge in [-0.25, -0.2) is 0 Å². The minimum Gasteiger partial charge on any atom is -0.364 e. The van der Waals surface area contributed by atoms with Gasteiger partial charge in [0.1, 0.15) is 0 Å². The van der Waals surface area contributed by atoms with Gasteiger partial charge in [0.25, 0.3) is 5.91 Å². The molecule has 0 aromatic carbocycles. The molecule has 0 aliphatic heterocycles. The van der Waals surface area contributed by atoms with Crippen LogP contribution in [0.1, 0.15) is 21.7 Å². The number of carbonyl (C=O) groups excluding carboxylic acids is 1. The molecule has 0 unspecified atom stereocenters. The first kappa shape index (κ1) is 7.53. The van der Waals surface area contributed by atoms with Crippen molar-refractivity contribution in [3.8, 4) is 0 Å². The zero-order chi connectivity index (χ0) is 8.43. The molecule has 0 saturated carbocycles. The molecule has 3 N–H and O–H groups in total. The van der Waals surface area contributed by atoms with Crippen LogP contribution in [0.5, 0.6) is 0 Å². The van der Waals surface area contributed by atoms with Crippen LogP contribution < -0.4 is 5.73 Å². The molecule has 4 heteroatoms. The van der Waals surface area contributed by atoms with Crippen LogP contribution in [0.2, 0.25) is 0 Å². The lowest BCUT2D eigenvalue weighted by atomic mass is 10.2. The summed E-state index contributed by atoms with van der Waals surface area (Å²) in [5, 5.41) is 6.36. The minimum atomic E-state index is -0.538. The molecule has 0 spiro atoms. The fourth-order valence-electron chi connectivity index (χ4n) is 0.875. The Kier molecular flexibility index (Phi) is 1.76. The maximum Gasteiger partial charge on any atom is 0.269 e. The number of aryl methyl sites for hydroxylation is 1. The van der Waals surface area contributed by atoms with Crippen LogP contribution in [0, 0.1) is 6.92 Å². The lowest BCUT2D eigenvalue weighted by Crippen LogP contribution is -2.12. The number of carbonyl (C=O) groups is 1. The van der Waals surface area contributed by atoms with Crippen molar-refractivity contribution in [3.05, 3.63) is 23.5 Å². The van der Waals surface area contributed by atoms with Gasteiger partial charge in [-0.2, -0.15) is 5.10 Å². The van der Waals surface area contributed by atoms with Crippen LogP contribution in [0.4, 0.5) is 0 Å². The van der Waals surface area contributed by atoms with E-state index in [-0.39, 0.29) is 5.69 Å². The molecule has 1 rings (SSSR count). The summed E-state index contributed by atoms with van der Waals surface area (Å²) >= 11 is 0. The summed E-state index contributed by atoms with van der Waals surface area (Å²) < 4.78 is 0. The average Bonchev–Trinajstić information content (AvgIpc) is 2.30. The van der Waals surface area contributed by atoms with E-state index in [1.54, 1.807) is 13.0 Å². The molecule has 4 nitrogen and oxygen atoms in total. The van der Waals surface area contributed by atoms with Gasteiger partial charge in [0.15, 0.2) is 5.69 Å². The van der Waals surface area contributed by atoms with Gasteiger partial charge in [-0.1, -0.05) is 12.7 Å². The van der Waals surface area contributed by atoms with Crippen LogP contribution >= 0.6 is 0 Å². The third kappa shape index (κ3) is 1.14. The molecule has 1 heterocycles. The highest BCUT2D eigenvalue weighted by molar-refractivity contribution is 5.94. The van der Waals surface area contributed by atoms with Crippen LogP contribution in [0.25, 0.3) is 6.08 Å². The fraction of sp³-hybridized carbons (Fsp3) is 0.143. The second-order valence-electron chi connectivity index (χ2n) is 2.18. The third-order valence-corrected chi connectivity index (χ3v) is 1.43. The van der Waals surface area contributed by atoms with E-state index in [2.05, 4.69) is 16.8 Å². The summed E-state index contributed by atoms with van der Waals surface area (Å²) in [6.07, 6.45) is 1.55. The number of aromatic amines is 1. The van der Waals surface area contributed by atoms with Crippen LogP contribution in [-0.2, 0) is 0 Å². The van der Waals surface area contributed by atoms with E-state index in [1.165, 1.54) is 0 Å². The fourth-order valence-corrected chi connectivity index (χ4v) is 0.875. The molecular formula is C7H9N3O. The molecule has 0 atom stereocenters. The Hall–Kier alpha value is -1.58. The van der Waals surface area contributed by atoms with Gasteiger partial charge in [0.05, 0.1) is 0 Å². The quantitative estimate of drug-likeness (QED) is 0.644. The van der Waals surface area contributed by atoms with E-state index < -0.39 is 5.91 Å². The molecule has 0 radical (unpaired) electrons. The third-order valence-electron chi connectivity index (χ3n) is 1.43. The number of hydrogen-bond acceptors (Lipinski definition) is 2. The Bertz CT molecular complexity index is 301. The number of hydrogen-bond donors (Lipinski definition) is 2. The first-order valence-electron chi connectivity index (χ1n) is 3.14. The summed E-state index contributed by atoms with van der Waals surface area (Å²) in [6, 6.07) is 0. The number of aromatic nitrogens is 2. The summed E-state index contributed by atoms with van der Waals surface area (Å²) in [4.78, 5) is 10.7. The van der Waals surface area contributed by atoms with Crippen LogP contribution in [0.3, 0.4) is 0 Å². The Morgan fingerprint density at radius 1 is 1.82 bits per heavy atom. The molecule has 11 heavy (non-hydrogen) atoms. The molecule has 1 aromatic rings. The second-order valence-corrected chi connectivity index (χ2v) is 2.18. The minimum absolute atomic E-state index is 0.248. The number of primary amides is 1. The summed E-state index contributed by atoms with van der Waals surface area (Å²) in [5.74, 6) is -0.538. The first-order valence-corrected chi connectivity index (χ1v) is 3.14. The molecule has 0 aliphatic rings. The molecule has 0 bridgehead atoms. The second kappa shape index (κ2) is 2.57. The topological polar surface area (TPSA) is 71.8 Å². The summed E-state index contributed by atoms with van der Waals surface area (Å²) in [7, 11) is 0. The standard InChI is InChI=1S/C7H9N3O/c1-3-5-4(2)9-10-6(5)7(8)11/h3H,1H2,2H3,(H2,8,11)(H,9,10). The Morgan fingerprint density at radius 2 is 2.45 bits per heavy atom. The van der Waals surface area contributed by atoms with E-state index in [9.17, 15) is 4.79 Å². The van der Waals surface area contributed by atoms with Crippen molar-refractivity contribution in [1.82, 2.24) is 10.2 Å². The van der Waals surface area contributed by atoms with E-state index in [4.69, 9.17) is 5.73 Å². The van der Waals surface area contributed by atoms with Crippen LogP contribution in [-0.4, -0.2) is 16.1 Å². The van der Waals surface area contributed by atoms with Crippen molar-refractivity contribution in [2.45, 2.75) is 6.92 Å². The van der Waals surface area contributed by atoms with Crippen molar-refractivity contribution in [2.75, 3.05) is 0 Å². The highest BCUT2D eigenvalue weighted by Gasteiger charge is 2.10. The van der Waals surface area contributed by atoms with Gasteiger partial charge in [0.2, 0.25) is 0 Å². The lowest BCUT2D eigenvalue weighted by molar-refractivity contribution is 0.0995. The highest BCUT2D eigenvalue weighted by Crippen LogP contribution is 2.10. The van der Waals surface area contributed by atoms with Crippen molar-refractivity contribution in [3.63, 3.8) is 0 Å². The number of nitrogens with zero attached hydrogens (tertiary/aromatic N) is 1. The maximum absolute atomic E-state index is 10.7. The monoisotopic (exact) mass is 151 g/mol. The largest absolute Gasteiger partial charge is 0.364 e. The van der Waals surface area contributed by atoms with E-state index >= 15 is 0 Å². The SMILES string of the molecule is C=Cc1c(C(N)=O)n[nH]c1C. The van der Waals surface area contributed by atoms with Gasteiger partial charge < -0.3 is 5.73 Å². The highest BCUT2D eigenvalue weighted by atomic mass is 16.1. The maximum atomic E-state index is 10.7. The first-order chi connectivity index (χ1) is 5.16. The molecule has 58 valence electrons. The van der Waals surface area contributed by atoms with Crippen molar-refractivity contribution in [1.29, 1.82) is 0 Å². The van der Waals surface area contributed by atoms with Gasteiger partial charge in [-0.05, 0) is 6.92 Å². The summed E-state index contributed by atoms with van der Waals surface area (Å²) in [5.41, 5.74) is 6.76. The molecule has 0 saturated heterocycles. The zero-order valence-electron chi connectivity index (χ0n) is 6.22. The lowest BCUT2D eigenvalue weighted by Gasteiger charge is -1.90. The number of amides is 1. The molecule has 1 amide bonds. The smallest absolute Gasteiger partial charge is 0.269 e. The van der Waals surface area contributed by atoms with Crippen molar-refractivity contribution < 1.29 is 4.79 Å². The van der Waals surface area contributed by atoms with Crippen molar-refractivity contribution in [2.24, 2.45) is 5.73 Å². The van der Waals surface area contributed by atoms with E-state index in [0.29, 0.717) is 5.56 Å². The van der Waals surface area contributed by atoms with E-state index in [1.807, 2.05) is 0 Å². The Morgan fingerprint density at radius 3 is 2.82 bits per heavy atom. The molecular weight excluding hydrogens is 142 g/mol. The summed E-state index contributed by atoms with van der Waals surface area (Å²) in [6.45, 7) is 5.34. The van der Waals surface area contributed by atoms with Gasteiger partial charge in [0, 0.05) is 11.3 Å². The Labute approximate surface area is 64.1 Å². The molecule has 0 fully saturated rings. The van der Waals surface area contributed by atoms with Gasteiger partial charge in [-0.15, -0.1) is 0 Å².